The Bertz CT molecular complexity index is 519. The Morgan fingerprint density at radius 3 is 2.53 bits per heavy atom. The third-order valence-electron chi connectivity index (χ3n) is 4.38. The van der Waals surface area contributed by atoms with E-state index in [0.717, 1.165) is 24.3 Å². The molecule has 0 aliphatic carbocycles. The summed E-state index contributed by atoms with van der Waals surface area (Å²) in [5, 5.41) is 11.2. The fourth-order valence-corrected chi connectivity index (χ4v) is 3.53. The summed E-state index contributed by atoms with van der Waals surface area (Å²) in [5.41, 5.74) is 0.269. The van der Waals surface area contributed by atoms with Crippen LogP contribution in [-0.4, -0.2) is 22.9 Å². The smallest absolute Gasteiger partial charge is 0.122 e. The highest BCUT2D eigenvalue weighted by Crippen LogP contribution is 2.51. The minimum absolute atomic E-state index is 0.312. The lowest BCUT2D eigenvalue weighted by atomic mass is 9.76. The standard InChI is InChI=1S/C16H22O3/c1-14(2)10-16(17,15(3,4)19-14)12-5-6-13-11(9-12)7-8-18-13/h5-6,9,17H,7-8,10H2,1-4H3. The molecule has 0 saturated carbocycles. The third kappa shape index (κ3) is 1.87. The first kappa shape index (κ1) is 12.9. The number of benzene rings is 1. The highest BCUT2D eigenvalue weighted by Gasteiger charge is 2.57. The first-order valence-electron chi connectivity index (χ1n) is 6.92. The molecule has 2 aliphatic rings. The lowest BCUT2D eigenvalue weighted by molar-refractivity contribution is -0.129. The van der Waals surface area contributed by atoms with E-state index in [-0.39, 0.29) is 5.60 Å². The molecule has 19 heavy (non-hydrogen) atoms. The van der Waals surface area contributed by atoms with Crippen molar-refractivity contribution in [2.24, 2.45) is 0 Å². The normalized spacial score (nSPS) is 31.0. The molecule has 3 rings (SSSR count). The maximum atomic E-state index is 11.2. The summed E-state index contributed by atoms with van der Waals surface area (Å²) in [6.45, 7) is 8.73. The van der Waals surface area contributed by atoms with E-state index in [9.17, 15) is 5.11 Å². The maximum Gasteiger partial charge on any atom is 0.122 e. The zero-order valence-corrected chi connectivity index (χ0v) is 12.1. The van der Waals surface area contributed by atoms with Gasteiger partial charge in [-0.1, -0.05) is 6.07 Å². The predicted molar refractivity (Wildman–Crippen MR) is 73.4 cm³/mol. The lowest BCUT2D eigenvalue weighted by Gasteiger charge is -2.35. The number of hydrogen-bond acceptors (Lipinski definition) is 3. The number of rotatable bonds is 1. The molecule has 1 aromatic rings. The van der Waals surface area contributed by atoms with E-state index in [4.69, 9.17) is 9.47 Å². The molecule has 1 saturated heterocycles. The van der Waals surface area contributed by atoms with Crippen LogP contribution in [0.1, 0.15) is 45.2 Å². The van der Waals surface area contributed by atoms with Crippen LogP contribution in [-0.2, 0) is 16.8 Å². The Labute approximate surface area is 114 Å². The Morgan fingerprint density at radius 1 is 1.16 bits per heavy atom. The Balaban J connectivity index is 2.05. The molecule has 0 amide bonds. The van der Waals surface area contributed by atoms with Crippen LogP contribution in [0.5, 0.6) is 5.75 Å². The van der Waals surface area contributed by atoms with Gasteiger partial charge < -0.3 is 14.6 Å². The molecule has 1 atom stereocenters. The van der Waals surface area contributed by atoms with Crippen molar-refractivity contribution in [2.75, 3.05) is 6.61 Å². The maximum absolute atomic E-state index is 11.2. The quantitative estimate of drug-likeness (QED) is 0.846. The molecule has 1 N–H and O–H groups in total. The fourth-order valence-electron chi connectivity index (χ4n) is 3.53. The van der Waals surface area contributed by atoms with Gasteiger partial charge in [0, 0.05) is 12.8 Å². The van der Waals surface area contributed by atoms with Crippen molar-refractivity contribution in [1.29, 1.82) is 0 Å². The molecule has 0 aromatic heterocycles. The second-order valence-electron chi connectivity index (χ2n) is 6.83. The first-order chi connectivity index (χ1) is 8.74. The van der Waals surface area contributed by atoms with Gasteiger partial charge in [0.05, 0.1) is 17.8 Å². The summed E-state index contributed by atoms with van der Waals surface area (Å²) in [7, 11) is 0. The van der Waals surface area contributed by atoms with Crippen molar-refractivity contribution in [2.45, 2.75) is 57.3 Å². The molecule has 2 heterocycles. The van der Waals surface area contributed by atoms with Crippen LogP contribution in [0, 0.1) is 0 Å². The van der Waals surface area contributed by atoms with E-state index in [1.807, 2.05) is 39.8 Å². The van der Waals surface area contributed by atoms with E-state index >= 15 is 0 Å². The van der Waals surface area contributed by atoms with Crippen molar-refractivity contribution >= 4 is 0 Å². The fraction of sp³-hybridized carbons (Fsp3) is 0.625. The minimum atomic E-state index is -0.950. The number of ether oxygens (including phenoxy) is 2. The summed E-state index contributed by atoms with van der Waals surface area (Å²) in [6, 6.07) is 6.02. The molecule has 2 aliphatic heterocycles. The first-order valence-corrected chi connectivity index (χ1v) is 6.92. The number of aliphatic hydroxyl groups is 1. The Morgan fingerprint density at radius 2 is 1.89 bits per heavy atom. The topological polar surface area (TPSA) is 38.7 Å². The Kier molecular flexibility index (Phi) is 2.55. The largest absolute Gasteiger partial charge is 0.493 e. The van der Waals surface area contributed by atoms with Gasteiger partial charge in [0.15, 0.2) is 0 Å². The average Bonchev–Trinajstić information content (AvgIpc) is 2.78. The van der Waals surface area contributed by atoms with E-state index < -0.39 is 11.2 Å². The van der Waals surface area contributed by atoms with Gasteiger partial charge in [-0.2, -0.15) is 0 Å². The summed E-state index contributed by atoms with van der Waals surface area (Å²) in [6.07, 6.45) is 1.52. The van der Waals surface area contributed by atoms with Crippen LogP contribution < -0.4 is 4.74 Å². The highest BCUT2D eigenvalue weighted by atomic mass is 16.5. The monoisotopic (exact) mass is 262 g/mol. The zero-order valence-electron chi connectivity index (χ0n) is 12.1. The molecule has 104 valence electrons. The van der Waals surface area contributed by atoms with Crippen LogP contribution in [0.15, 0.2) is 18.2 Å². The predicted octanol–water partition coefficient (Wildman–Crippen LogP) is 2.79. The molecular weight excluding hydrogens is 240 g/mol. The molecule has 0 radical (unpaired) electrons. The summed E-state index contributed by atoms with van der Waals surface area (Å²) in [4.78, 5) is 0. The van der Waals surface area contributed by atoms with Crippen molar-refractivity contribution in [3.05, 3.63) is 29.3 Å². The molecular formula is C16H22O3. The molecule has 0 spiro atoms. The minimum Gasteiger partial charge on any atom is -0.493 e. The summed E-state index contributed by atoms with van der Waals surface area (Å²) in [5.74, 6) is 0.948. The van der Waals surface area contributed by atoms with E-state index in [1.54, 1.807) is 0 Å². The average molecular weight is 262 g/mol. The van der Waals surface area contributed by atoms with Gasteiger partial charge in [-0.15, -0.1) is 0 Å². The number of hydrogen-bond donors (Lipinski definition) is 1. The van der Waals surface area contributed by atoms with Gasteiger partial charge in [0.25, 0.3) is 0 Å². The van der Waals surface area contributed by atoms with Crippen molar-refractivity contribution in [1.82, 2.24) is 0 Å². The van der Waals surface area contributed by atoms with Crippen molar-refractivity contribution < 1.29 is 14.6 Å². The molecule has 1 fully saturated rings. The summed E-state index contributed by atoms with van der Waals surface area (Å²) < 4.78 is 11.6. The van der Waals surface area contributed by atoms with Gasteiger partial charge in [-0.25, -0.2) is 0 Å². The summed E-state index contributed by atoms with van der Waals surface area (Å²) >= 11 is 0. The van der Waals surface area contributed by atoms with Crippen LogP contribution in [0.4, 0.5) is 0 Å². The molecule has 3 nitrogen and oxygen atoms in total. The van der Waals surface area contributed by atoms with Gasteiger partial charge in [-0.3, -0.25) is 0 Å². The van der Waals surface area contributed by atoms with Crippen molar-refractivity contribution in [3.8, 4) is 5.75 Å². The third-order valence-corrected chi connectivity index (χ3v) is 4.38. The molecule has 1 unspecified atom stereocenters. The highest BCUT2D eigenvalue weighted by molar-refractivity contribution is 5.43. The van der Waals surface area contributed by atoms with Crippen LogP contribution in [0.3, 0.4) is 0 Å². The zero-order chi connectivity index (χ0) is 13.9. The SMILES string of the molecule is CC1(C)CC(O)(c2ccc3c(c2)CCO3)C(C)(C)O1. The Hall–Kier alpha value is -1.06. The van der Waals surface area contributed by atoms with Gasteiger partial charge >= 0.3 is 0 Å². The van der Waals surface area contributed by atoms with Gasteiger partial charge in [0.1, 0.15) is 11.4 Å². The van der Waals surface area contributed by atoms with Crippen LogP contribution >= 0.6 is 0 Å². The second kappa shape index (κ2) is 3.74. The van der Waals surface area contributed by atoms with E-state index in [0.29, 0.717) is 6.42 Å². The molecule has 1 aromatic carbocycles. The van der Waals surface area contributed by atoms with Gasteiger partial charge in [-0.05, 0) is 51.0 Å². The van der Waals surface area contributed by atoms with Gasteiger partial charge in [0.2, 0.25) is 0 Å². The molecule has 0 bridgehead atoms. The lowest BCUT2D eigenvalue weighted by Crippen LogP contribution is -2.43. The van der Waals surface area contributed by atoms with Crippen LogP contribution in [0.2, 0.25) is 0 Å². The second-order valence-corrected chi connectivity index (χ2v) is 6.83. The molecule has 3 heteroatoms. The van der Waals surface area contributed by atoms with E-state index in [2.05, 4.69) is 6.07 Å². The number of fused-ring (bicyclic) bond motifs is 1. The van der Waals surface area contributed by atoms with E-state index in [1.165, 1.54) is 5.56 Å². The van der Waals surface area contributed by atoms with Crippen molar-refractivity contribution in [3.63, 3.8) is 0 Å². The van der Waals surface area contributed by atoms with Crippen LogP contribution in [0.25, 0.3) is 0 Å².